The first kappa shape index (κ1) is 12.4. The standard InChI is InChI=1S/C11H18N4O/c1-3-15(2)7-6-13-10-5-4-9(8-14-10)11(12)16/h4-5,8H,3,6-7H2,1-2H3,(H2,12,16)(H,13,14). The molecule has 0 atom stereocenters. The highest BCUT2D eigenvalue weighted by molar-refractivity contribution is 5.92. The minimum Gasteiger partial charge on any atom is -0.369 e. The molecule has 0 spiro atoms. The number of pyridine rings is 1. The summed E-state index contributed by atoms with van der Waals surface area (Å²) in [7, 11) is 2.06. The first-order valence-electron chi connectivity index (χ1n) is 5.31. The Kier molecular flexibility index (Phi) is 4.72. The van der Waals surface area contributed by atoms with Gasteiger partial charge in [-0.15, -0.1) is 0 Å². The molecule has 0 fully saturated rings. The van der Waals surface area contributed by atoms with Gasteiger partial charge in [-0.05, 0) is 25.7 Å². The Balaban J connectivity index is 2.40. The molecule has 1 rings (SSSR count). The number of amides is 1. The van der Waals surface area contributed by atoms with E-state index < -0.39 is 5.91 Å². The molecular formula is C11H18N4O. The van der Waals surface area contributed by atoms with Crippen LogP contribution < -0.4 is 11.1 Å². The average Bonchev–Trinajstić information content (AvgIpc) is 2.29. The number of carbonyl (C=O) groups is 1. The molecule has 0 bridgehead atoms. The number of nitrogens with one attached hydrogen (secondary N) is 1. The van der Waals surface area contributed by atoms with Gasteiger partial charge in [0.15, 0.2) is 0 Å². The maximum absolute atomic E-state index is 10.8. The van der Waals surface area contributed by atoms with Gasteiger partial charge in [-0.2, -0.15) is 0 Å². The topological polar surface area (TPSA) is 71.2 Å². The third kappa shape index (κ3) is 3.86. The lowest BCUT2D eigenvalue weighted by Gasteiger charge is -2.14. The summed E-state index contributed by atoms with van der Waals surface area (Å²) in [5.41, 5.74) is 5.54. The van der Waals surface area contributed by atoms with E-state index in [-0.39, 0.29) is 0 Å². The SMILES string of the molecule is CCN(C)CCNc1ccc(C(N)=O)cn1. The molecule has 5 heteroatoms. The number of aromatic nitrogens is 1. The van der Waals surface area contributed by atoms with Crippen LogP contribution in [0.1, 0.15) is 17.3 Å². The van der Waals surface area contributed by atoms with Crippen molar-refractivity contribution in [1.29, 1.82) is 0 Å². The predicted octanol–water partition coefficient (Wildman–Crippen LogP) is 0.544. The number of rotatable bonds is 6. The minimum atomic E-state index is -0.454. The second kappa shape index (κ2) is 6.07. The van der Waals surface area contributed by atoms with E-state index in [2.05, 4.69) is 29.2 Å². The highest BCUT2D eigenvalue weighted by atomic mass is 16.1. The van der Waals surface area contributed by atoms with E-state index in [9.17, 15) is 4.79 Å². The number of nitrogens with zero attached hydrogens (tertiary/aromatic N) is 2. The van der Waals surface area contributed by atoms with E-state index in [4.69, 9.17) is 5.73 Å². The largest absolute Gasteiger partial charge is 0.369 e. The minimum absolute atomic E-state index is 0.427. The molecule has 16 heavy (non-hydrogen) atoms. The van der Waals surface area contributed by atoms with E-state index in [1.54, 1.807) is 12.1 Å². The van der Waals surface area contributed by atoms with Crippen molar-refractivity contribution in [3.8, 4) is 0 Å². The number of carbonyl (C=O) groups excluding carboxylic acids is 1. The molecule has 0 aliphatic heterocycles. The van der Waals surface area contributed by atoms with Gasteiger partial charge in [-0.1, -0.05) is 6.92 Å². The van der Waals surface area contributed by atoms with Gasteiger partial charge in [0.05, 0.1) is 5.56 Å². The molecule has 0 aliphatic carbocycles. The van der Waals surface area contributed by atoms with Crippen LogP contribution in [-0.4, -0.2) is 42.5 Å². The molecule has 1 heterocycles. The Morgan fingerprint density at radius 3 is 2.81 bits per heavy atom. The molecular weight excluding hydrogens is 204 g/mol. The van der Waals surface area contributed by atoms with E-state index >= 15 is 0 Å². The van der Waals surface area contributed by atoms with Crippen molar-refractivity contribution in [2.24, 2.45) is 5.73 Å². The van der Waals surface area contributed by atoms with Crippen LogP contribution in [0.2, 0.25) is 0 Å². The quantitative estimate of drug-likeness (QED) is 0.737. The van der Waals surface area contributed by atoms with Crippen molar-refractivity contribution in [2.75, 3.05) is 32.0 Å². The number of primary amides is 1. The van der Waals surface area contributed by atoms with Crippen molar-refractivity contribution in [3.63, 3.8) is 0 Å². The Hall–Kier alpha value is -1.62. The smallest absolute Gasteiger partial charge is 0.250 e. The van der Waals surface area contributed by atoms with Gasteiger partial charge in [-0.25, -0.2) is 4.98 Å². The van der Waals surface area contributed by atoms with E-state index in [1.165, 1.54) is 6.20 Å². The summed E-state index contributed by atoms with van der Waals surface area (Å²) in [6.07, 6.45) is 1.48. The molecule has 1 amide bonds. The predicted molar refractivity (Wildman–Crippen MR) is 64.4 cm³/mol. The lowest BCUT2D eigenvalue weighted by atomic mass is 10.3. The first-order chi connectivity index (χ1) is 7.63. The second-order valence-electron chi connectivity index (χ2n) is 3.62. The lowest BCUT2D eigenvalue weighted by molar-refractivity contribution is 0.1000. The average molecular weight is 222 g/mol. The van der Waals surface area contributed by atoms with Crippen LogP contribution in [0.15, 0.2) is 18.3 Å². The highest BCUT2D eigenvalue weighted by Gasteiger charge is 2.00. The van der Waals surface area contributed by atoms with Crippen molar-refractivity contribution in [3.05, 3.63) is 23.9 Å². The third-order valence-corrected chi connectivity index (χ3v) is 2.39. The molecule has 1 aromatic rings. The summed E-state index contributed by atoms with van der Waals surface area (Å²) in [6.45, 7) is 4.92. The van der Waals surface area contributed by atoms with Gasteiger partial charge in [0, 0.05) is 19.3 Å². The fraction of sp³-hybridized carbons (Fsp3) is 0.455. The fourth-order valence-corrected chi connectivity index (χ4v) is 1.18. The van der Waals surface area contributed by atoms with Crippen LogP contribution in [0, 0.1) is 0 Å². The first-order valence-corrected chi connectivity index (χ1v) is 5.31. The van der Waals surface area contributed by atoms with Crippen LogP contribution in [0.25, 0.3) is 0 Å². The van der Waals surface area contributed by atoms with Crippen LogP contribution in [-0.2, 0) is 0 Å². The summed E-state index contributed by atoms with van der Waals surface area (Å²) in [4.78, 5) is 17.1. The summed E-state index contributed by atoms with van der Waals surface area (Å²) in [5, 5.41) is 3.17. The molecule has 0 saturated heterocycles. The van der Waals surface area contributed by atoms with Crippen molar-refractivity contribution in [1.82, 2.24) is 9.88 Å². The maximum atomic E-state index is 10.8. The number of hydrogen-bond acceptors (Lipinski definition) is 4. The molecule has 3 N–H and O–H groups in total. The van der Waals surface area contributed by atoms with Crippen LogP contribution in [0.4, 0.5) is 5.82 Å². The lowest BCUT2D eigenvalue weighted by Crippen LogP contribution is -2.24. The summed E-state index contributed by atoms with van der Waals surface area (Å²) in [6, 6.07) is 3.42. The molecule has 1 aromatic heterocycles. The molecule has 0 radical (unpaired) electrons. The zero-order chi connectivity index (χ0) is 12.0. The summed E-state index contributed by atoms with van der Waals surface area (Å²) >= 11 is 0. The Morgan fingerprint density at radius 2 is 2.31 bits per heavy atom. The molecule has 0 aliphatic rings. The van der Waals surface area contributed by atoms with Gasteiger partial charge in [0.2, 0.25) is 5.91 Å². The van der Waals surface area contributed by atoms with Gasteiger partial charge < -0.3 is 16.0 Å². The number of anilines is 1. The molecule has 5 nitrogen and oxygen atoms in total. The van der Waals surface area contributed by atoms with Crippen molar-refractivity contribution in [2.45, 2.75) is 6.92 Å². The second-order valence-corrected chi connectivity index (χ2v) is 3.62. The van der Waals surface area contributed by atoms with Crippen molar-refractivity contribution < 1.29 is 4.79 Å². The Labute approximate surface area is 95.7 Å². The fourth-order valence-electron chi connectivity index (χ4n) is 1.18. The van der Waals surface area contributed by atoms with Gasteiger partial charge in [0.1, 0.15) is 5.82 Å². The van der Waals surface area contributed by atoms with E-state index in [1.807, 2.05) is 0 Å². The van der Waals surface area contributed by atoms with Crippen LogP contribution in [0.3, 0.4) is 0 Å². The van der Waals surface area contributed by atoms with E-state index in [0.29, 0.717) is 5.56 Å². The summed E-state index contributed by atoms with van der Waals surface area (Å²) < 4.78 is 0. The monoisotopic (exact) mass is 222 g/mol. The van der Waals surface area contributed by atoms with Crippen LogP contribution in [0.5, 0.6) is 0 Å². The van der Waals surface area contributed by atoms with Gasteiger partial charge in [0.25, 0.3) is 0 Å². The number of hydrogen-bond donors (Lipinski definition) is 2. The van der Waals surface area contributed by atoms with E-state index in [0.717, 1.165) is 25.5 Å². The zero-order valence-electron chi connectivity index (χ0n) is 9.73. The Bertz CT molecular complexity index is 336. The normalized spacial score (nSPS) is 10.4. The highest BCUT2D eigenvalue weighted by Crippen LogP contribution is 2.03. The van der Waals surface area contributed by atoms with Crippen molar-refractivity contribution >= 4 is 11.7 Å². The molecule has 0 unspecified atom stereocenters. The van der Waals surface area contributed by atoms with Crippen LogP contribution >= 0.6 is 0 Å². The van der Waals surface area contributed by atoms with Gasteiger partial charge >= 0.3 is 0 Å². The maximum Gasteiger partial charge on any atom is 0.250 e. The molecule has 88 valence electrons. The molecule has 0 aromatic carbocycles. The number of nitrogens with two attached hydrogens (primary N) is 1. The molecule has 0 saturated carbocycles. The summed E-state index contributed by atoms with van der Waals surface area (Å²) in [5.74, 6) is 0.305. The zero-order valence-corrected chi connectivity index (χ0v) is 9.73. The third-order valence-electron chi connectivity index (χ3n) is 2.39. The Morgan fingerprint density at radius 1 is 1.56 bits per heavy atom. The number of likely N-dealkylation sites (N-methyl/N-ethyl adjacent to an activating group) is 1. The van der Waals surface area contributed by atoms with Gasteiger partial charge in [-0.3, -0.25) is 4.79 Å².